The third-order valence-electron chi connectivity index (χ3n) is 1.61. The maximum atomic E-state index is 10.5. The van der Waals surface area contributed by atoms with Gasteiger partial charge in [0.1, 0.15) is 0 Å². The molecule has 0 atom stereocenters. The summed E-state index contributed by atoms with van der Waals surface area (Å²) in [6.45, 7) is 0. The molecule has 2 rings (SSSR count). The Labute approximate surface area is 68.8 Å². The van der Waals surface area contributed by atoms with E-state index in [4.69, 9.17) is 5.11 Å². The molecule has 0 radical (unpaired) electrons. The molecule has 5 nitrogen and oxygen atoms in total. The van der Waals surface area contributed by atoms with Crippen molar-refractivity contribution in [3.8, 4) is 0 Å². The van der Waals surface area contributed by atoms with Crippen LogP contribution in [0.5, 0.6) is 0 Å². The highest BCUT2D eigenvalue weighted by Gasteiger charge is 2.16. The molecular weight excluding hydrogens is 158 g/mol. The van der Waals surface area contributed by atoms with Crippen molar-refractivity contribution in [3.05, 3.63) is 36.6 Å². The fourth-order valence-corrected chi connectivity index (χ4v) is 1.04. The zero-order valence-corrected chi connectivity index (χ0v) is 6.14. The minimum absolute atomic E-state index is 0.805. The van der Waals surface area contributed by atoms with Gasteiger partial charge < -0.3 is 10.5 Å². The number of fused-ring (bicyclic) bond motifs is 1. The monoisotopic (exact) mass is 165 g/mol. The van der Waals surface area contributed by atoms with Crippen LogP contribution in [0.1, 0.15) is 0 Å². The molecule has 0 aromatic carbocycles. The molecule has 2 aliphatic heterocycles. The molecule has 0 aliphatic carbocycles. The number of nitrogens with one attached hydrogen (secondary N) is 1. The van der Waals surface area contributed by atoms with Gasteiger partial charge in [-0.25, -0.2) is 4.79 Å². The van der Waals surface area contributed by atoms with E-state index in [0.29, 0.717) is 0 Å². The molecule has 0 saturated heterocycles. The van der Waals surface area contributed by atoms with Crippen molar-refractivity contribution >= 4 is 6.09 Å². The van der Waals surface area contributed by atoms with E-state index in [9.17, 15) is 4.79 Å². The van der Waals surface area contributed by atoms with Gasteiger partial charge in [0.2, 0.25) is 0 Å². The second-order valence-corrected chi connectivity index (χ2v) is 2.37. The van der Waals surface area contributed by atoms with Gasteiger partial charge in [0.05, 0.1) is 5.70 Å². The highest BCUT2D eigenvalue weighted by molar-refractivity contribution is 5.68. The minimum Gasteiger partial charge on any atom is -0.464 e. The summed E-state index contributed by atoms with van der Waals surface area (Å²) < 4.78 is 0. The standard InChI is InChI=1S/C7H7N3O2/c11-7(12)9-3-4-10-6(5-9)1-2-8-10/h1-5,8H,(H,11,12). The number of nitrogens with zero attached hydrogens (tertiary/aromatic N) is 2. The number of amides is 1. The van der Waals surface area contributed by atoms with Crippen molar-refractivity contribution in [1.29, 1.82) is 0 Å². The van der Waals surface area contributed by atoms with Crippen LogP contribution in [0.15, 0.2) is 36.6 Å². The molecule has 5 heteroatoms. The van der Waals surface area contributed by atoms with Crippen LogP contribution >= 0.6 is 0 Å². The van der Waals surface area contributed by atoms with Crippen LogP contribution < -0.4 is 5.43 Å². The van der Waals surface area contributed by atoms with Gasteiger partial charge in [-0.15, -0.1) is 0 Å². The highest BCUT2D eigenvalue weighted by Crippen LogP contribution is 2.15. The number of carbonyl (C=O) groups is 1. The lowest BCUT2D eigenvalue weighted by Crippen LogP contribution is -2.30. The van der Waals surface area contributed by atoms with Gasteiger partial charge >= 0.3 is 6.09 Å². The summed E-state index contributed by atoms with van der Waals surface area (Å²) in [5, 5.41) is 10.3. The second kappa shape index (κ2) is 2.30. The molecule has 0 spiro atoms. The fraction of sp³-hybridized carbons (Fsp3) is 0. The summed E-state index contributed by atoms with van der Waals surface area (Å²) in [6.07, 6.45) is 7.17. The van der Waals surface area contributed by atoms with Crippen molar-refractivity contribution in [1.82, 2.24) is 15.3 Å². The van der Waals surface area contributed by atoms with E-state index in [1.54, 1.807) is 23.5 Å². The van der Waals surface area contributed by atoms with Gasteiger partial charge in [-0.05, 0) is 6.08 Å². The van der Waals surface area contributed by atoms with Crippen LogP contribution in [0.3, 0.4) is 0 Å². The third kappa shape index (κ3) is 0.914. The van der Waals surface area contributed by atoms with Crippen LogP contribution in [-0.4, -0.2) is 21.1 Å². The Morgan fingerprint density at radius 1 is 1.50 bits per heavy atom. The zero-order valence-electron chi connectivity index (χ0n) is 6.14. The summed E-state index contributed by atoms with van der Waals surface area (Å²) in [6, 6.07) is 0. The highest BCUT2D eigenvalue weighted by atomic mass is 16.4. The Morgan fingerprint density at radius 3 is 3.08 bits per heavy atom. The Morgan fingerprint density at radius 2 is 2.33 bits per heavy atom. The van der Waals surface area contributed by atoms with Crippen molar-refractivity contribution in [2.24, 2.45) is 0 Å². The molecule has 2 heterocycles. The second-order valence-electron chi connectivity index (χ2n) is 2.37. The summed E-state index contributed by atoms with van der Waals surface area (Å²) >= 11 is 0. The predicted molar refractivity (Wildman–Crippen MR) is 41.2 cm³/mol. The molecule has 0 unspecified atom stereocenters. The molecule has 0 fully saturated rings. The molecule has 0 aromatic heterocycles. The van der Waals surface area contributed by atoms with Crippen molar-refractivity contribution in [2.75, 3.05) is 0 Å². The average Bonchev–Trinajstić information content (AvgIpc) is 2.49. The number of rotatable bonds is 0. The lowest BCUT2D eigenvalue weighted by Gasteiger charge is -2.22. The first-order valence-electron chi connectivity index (χ1n) is 3.41. The van der Waals surface area contributed by atoms with Gasteiger partial charge in [-0.1, -0.05) is 0 Å². The number of hydrazine groups is 1. The Bertz CT molecular complexity index is 306. The number of hydrogen-bond acceptors (Lipinski definition) is 3. The Hall–Kier alpha value is -1.91. The summed E-state index contributed by atoms with van der Waals surface area (Å²) in [7, 11) is 0. The van der Waals surface area contributed by atoms with Crippen molar-refractivity contribution in [3.63, 3.8) is 0 Å². The molecule has 0 saturated carbocycles. The smallest absolute Gasteiger partial charge is 0.415 e. The molecular formula is C7H7N3O2. The minimum atomic E-state index is -0.987. The number of carboxylic acid groups (broad SMARTS) is 1. The molecule has 2 aliphatic rings. The van der Waals surface area contributed by atoms with Crippen molar-refractivity contribution in [2.45, 2.75) is 0 Å². The first kappa shape index (κ1) is 6.78. The Balaban J connectivity index is 2.25. The van der Waals surface area contributed by atoms with E-state index in [0.717, 1.165) is 10.6 Å². The summed E-state index contributed by atoms with van der Waals surface area (Å²) in [4.78, 5) is 11.6. The fourth-order valence-electron chi connectivity index (χ4n) is 1.04. The third-order valence-corrected chi connectivity index (χ3v) is 1.61. The Kier molecular flexibility index (Phi) is 1.30. The van der Waals surface area contributed by atoms with Crippen LogP contribution in [-0.2, 0) is 0 Å². The van der Waals surface area contributed by atoms with Gasteiger partial charge in [0.15, 0.2) is 0 Å². The van der Waals surface area contributed by atoms with E-state index in [1.165, 1.54) is 12.4 Å². The van der Waals surface area contributed by atoms with Gasteiger partial charge in [0.25, 0.3) is 0 Å². The molecule has 12 heavy (non-hydrogen) atoms. The summed E-state index contributed by atoms with van der Waals surface area (Å²) in [5.41, 5.74) is 3.70. The molecule has 2 N–H and O–H groups in total. The first-order chi connectivity index (χ1) is 5.77. The lowest BCUT2D eigenvalue weighted by atomic mass is 10.4. The van der Waals surface area contributed by atoms with Gasteiger partial charge in [0, 0.05) is 24.8 Å². The topological polar surface area (TPSA) is 55.8 Å². The van der Waals surface area contributed by atoms with Gasteiger partial charge in [-0.3, -0.25) is 9.91 Å². The van der Waals surface area contributed by atoms with Crippen LogP contribution in [0.2, 0.25) is 0 Å². The number of allylic oxidation sites excluding steroid dienone is 1. The normalized spacial score (nSPS) is 18.8. The van der Waals surface area contributed by atoms with Crippen molar-refractivity contribution < 1.29 is 9.90 Å². The largest absolute Gasteiger partial charge is 0.464 e. The SMILES string of the molecule is O=C(O)N1C=CN2NC=CC2=C1. The van der Waals surface area contributed by atoms with E-state index >= 15 is 0 Å². The zero-order chi connectivity index (χ0) is 8.55. The average molecular weight is 165 g/mol. The molecule has 0 aromatic rings. The van der Waals surface area contributed by atoms with E-state index < -0.39 is 6.09 Å². The molecule has 1 amide bonds. The van der Waals surface area contributed by atoms with Crippen LogP contribution in [0.4, 0.5) is 4.79 Å². The lowest BCUT2D eigenvalue weighted by molar-refractivity contribution is 0.173. The predicted octanol–water partition coefficient (Wildman–Crippen LogP) is 0.627. The summed E-state index contributed by atoms with van der Waals surface area (Å²) in [5.74, 6) is 0. The number of hydrogen-bond donors (Lipinski definition) is 2. The van der Waals surface area contributed by atoms with E-state index in [1.807, 2.05) is 0 Å². The van der Waals surface area contributed by atoms with E-state index in [2.05, 4.69) is 5.43 Å². The van der Waals surface area contributed by atoms with Crippen LogP contribution in [0.25, 0.3) is 0 Å². The van der Waals surface area contributed by atoms with E-state index in [-0.39, 0.29) is 0 Å². The van der Waals surface area contributed by atoms with Gasteiger partial charge in [-0.2, -0.15) is 0 Å². The molecule has 62 valence electrons. The maximum Gasteiger partial charge on any atom is 0.415 e. The molecule has 0 bridgehead atoms. The van der Waals surface area contributed by atoms with Crippen LogP contribution in [0, 0.1) is 0 Å². The maximum absolute atomic E-state index is 10.5. The quantitative estimate of drug-likeness (QED) is 0.552. The first-order valence-corrected chi connectivity index (χ1v) is 3.41.